The lowest BCUT2D eigenvalue weighted by molar-refractivity contribution is -0.344. The Morgan fingerprint density at radius 2 is 1.96 bits per heavy atom. The van der Waals surface area contributed by atoms with E-state index in [1.54, 1.807) is 0 Å². The Hall–Kier alpha value is -2.04. The summed E-state index contributed by atoms with van der Waals surface area (Å²) in [7, 11) is 0. The van der Waals surface area contributed by atoms with Gasteiger partial charge in [-0.2, -0.15) is 0 Å². The number of aliphatic hydroxyl groups excluding tert-OH is 1. The third-order valence-electron chi connectivity index (χ3n) is 4.51. The van der Waals surface area contributed by atoms with Crippen molar-refractivity contribution in [3.05, 3.63) is 35.9 Å². The molecule has 1 aromatic rings. The second-order valence-corrected chi connectivity index (χ2v) is 6.55. The number of carboxylic acid groups (broad SMARTS) is 1. The first-order chi connectivity index (χ1) is 12.9. The van der Waals surface area contributed by atoms with Crippen molar-refractivity contribution in [3.8, 4) is 0 Å². The van der Waals surface area contributed by atoms with Crippen LogP contribution in [0.1, 0.15) is 25.7 Å². The number of carbonyl (C=O) groups excluding carboxylic acids is 1. The fourth-order valence-electron chi connectivity index (χ4n) is 3.21. The minimum absolute atomic E-state index is 0.120. The molecule has 7 atom stereocenters. The van der Waals surface area contributed by atoms with Crippen molar-refractivity contribution in [2.45, 2.75) is 56.9 Å². The van der Waals surface area contributed by atoms with Gasteiger partial charge in [0, 0.05) is 12.5 Å². The number of benzene rings is 1. The van der Waals surface area contributed by atoms with Gasteiger partial charge in [0.2, 0.25) is 5.91 Å². The minimum atomic E-state index is -1.39. The van der Waals surface area contributed by atoms with Crippen molar-refractivity contribution in [1.82, 2.24) is 5.32 Å². The molecule has 9 heteroatoms. The van der Waals surface area contributed by atoms with Crippen LogP contribution in [0, 0.1) is 0 Å². The number of aliphatic hydroxyl groups is 1. The molecule has 2 heterocycles. The van der Waals surface area contributed by atoms with Gasteiger partial charge in [-0.25, -0.2) is 4.79 Å². The van der Waals surface area contributed by atoms with Crippen LogP contribution >= 0.6 is 0 Å². The molecule has 9 nitrogen and oxygen atoms in total. The molecule has 1 aromatic carbocycles. The Morgan fingerprint density at radius 3 is 2.59 bits per heavy atom. The van der Waals surface area contributed by atoms with Crippen LogP contribution < -0.4 is 5.32 Å². The second kappa shape index (κ2) is 8.32. The van der Waals surface area contributed by atoms with E-state index < -0.39 is 54.9 Å². The van der Waals surface area contributed by atoms with E-state index >= 15 is 0 Å². The maximum absolute atomic E-state index is 11.6. The molecule has 0 spiro atoms. The SMILES string of the molecule is CC(=O)N[C@H]1[C@H](O[C@H](C)C(=O)O)[C@@H]2O[C@H](c3ccccc3)OC[C@H]2O[C@H]1O. The van der Waals surface area contributed by atoms with Crippen molar-refractivity contribution < 1.29 is 38.7 Å². The van der Waals surface area contributed by atoms with Crippen LogP contribution in [0.15, 0.2) is 30.3 Å². The summed E-state index contributed by atoms with van der Waals surface area (Å²) < 4.78 is 22.9. The third kappa shape index (κ3) is 4.45. The van der Waals surface area contributed by atoms with Gasteiger partial charge < -0.3 is 34.5 Å². The predicted molar refractivity (Wildman–Crippen MR) is 90.5 cm³/mol. The van der Waals surface area contributed by atoms with Crippen LogP contribution in [0.3, 0.4) is 0 Å². The molecule has 0 saturated carbocycles. The number of rotatable bonds is 5. The van der Waals surface area contributed by atoms with Gasteiger partial charge >= 0.3 is 5.97 Å². The summed E-state index contributed by atoms with van der Waals surface area (Å²) in [6, 6.07) is 8.24. The molecule has 3 rings (SSSR count). The smallest absolute Gasteiger partial charge is 0.332 e. The van der Waals surface area contributed by atoms with E-state index in [0.717, 1.165) is 5.56 Å². The Morgan fingerprint density at radius 1 is 1.26 bits per heavy atom. The van der Waals surface area contributed by atoms with Gasteiger partial charge in [0.1, 0.15) is 24.4 Å². The molecule has 27 heavy (non-hydrogen) atoms. The van der Waals surface area contributed by atoms with Gasteiger partial charge in [0.05, 0.1) is 6.61 Å². The van der Waals surface area contributed by atoms with Crippen molar-refractivity contribution in [1.29, 1.82) is 0 Å². The Labute approximate surface area is 156 Å². The van der Waals surface area contributed by atoms with E-state index in [1.807, 2.05) is 30.3 Å². The number of fused-ring (bicyclic) bond motifs is 1. The van der Waals surface area contributed by atoms with Crippen molar-refractivity contribution >= 4 is 11.9 Å². The molecule has 1 amide bonds. The number of ether oxygens (including phenoxy) is 4. The van der Waals surface area contributed by atoms with Crippen LogP contribution in [0.4, 0.5) is 0 Å². The van der Waals surface area contributed by atoms with Crippen molar-refractivity contribution in [2.24, 2.45) is 0 Å². The maximum atomic E-state index is 11.6. The third-order valence-corrected chi connectivity index (χ3v) is 4.51. The van der Waals surface area contributed by atoms with Gasteiger partial charge in [-0.3, -0.25) is 4.79 Å². The molecule has 2 aliphatic rings. The highest BCUT2D eigenvalue weighted by atomic mass is 16.7. The average molecular weight is 381 g/mol. The lowest BCUT2D eigenvalue weighted by Gasteiger charge is -2.48. The summed E-state index contributed by atoms with van der Waals surface area (Å²) in [6.45, 7) is 2.78. The fourth-order valence-corrected chi connectivity index (χ4v) is 3.21. The molecule has 148 valence electrons. The molecule has 0 radical (unpaired) electrons. The first-order valence-corrected chi connectivity index (χ1v) is 8.67. The van der Waals surface area contributed by atoms with Gasteiger partial charge in [-0.15, -0.1) is 0 Å². The predicted octanol–water partition coefficient (Wildman–Crippen LogP) is 0.181. The zero-order valence-electron chi connectivity index (χ0n) is 15.0. The lowest BCUT2D eigenvalue weighted by Crippen LogP contribution is -2.67. The van der Waals surface area contributed by atoms with Gasteiger partial charge in [-0.1, -0.05) is 30.3 Å². The summed E-state index contributed by atoms with van der Waals surface area (Å²) in [5.41, 5.74) is 0.781. The fraction of sp³-hybridized carbons (Fsp3) is 0.556. The summed E-state index contributed by atoms with van der Waals surface area (Å²) in [5.74, 6) is -1.58. The molecule has 3 N–H and O–H groups in total. The number of hydrogen-bond donors (Lipinski definition) is 3. The molecule has 2 aliphatic heterocycles. The Kier molecular flexibility index (Phi) is 6.08. The average Bonchev–Trinajstić information content (AvgIpc) is 2.64. The highest BCUT2D eigenvalue weighted by molar-refractivity contribution is 5.73. The standard InChI is InChI=1S/C18H23NO8/c1-9(16(21)22)25-15-13(19-10(2)20)17(23)26-12-8-24-18(27-14(12)15)11-6-4-3-5-7-11/h3-7,9,12-15,17-18,23H,8H2,1-2H3,(H,19,20)(H,21,22)/t9-,12-,13+,14-,15+,17-,18-/m1/s1. The van der Waals surface area contributed by atoms with Gasteiger partial charge in [-0.05, 0) is 6.92 Å². The Balaban J connectivity index is 1.85. The molecule has 0 bridgehead atoms. The molecule has 0 aliphatic carbocycles. The number of carboxylic acids is 1. The molecule has 2 saturated heterocycles. The highest BCUT2D eigenvalue weighted by Crippen LogP contribution is 2.35. The van der Waals surface area contributed by atoms with Crippen molar-refractivity contribution in [3.63, 3.8) is 0 Å². The van der Waals surface area contributed by atoms with Crippen molar-refractivity contribution in [2.75, 3.05) is 6.61 Å². The highest BCUT2D eigenvalue weighted by Gasteiger charge is 2.51. The monoisotopic (exact) mass is 381 g/mol. The minimum Gasteiger partial charge on any atom is -0.479 e. The molecular weight excluding hydrogens is 358 g/mol. The van der Waals surface area contributed by atoms with Crippen LogP contribution in [-0.4, -0.2) is 65.4 Å². The van der Waals surface area contributed by atoms with Gasteiger partial charge in [0.15, 0.2) is 18.7 Å². The summed E-state index contributed by atoms with van der Waals surface area (Å²) in [4.78, 5) is 22.8. The van der Waals surface area contributed by atoms with Gasteiger partial charge in [0.25, 0.3) is 0 Å². The summed E-state index contributed by atoms with van der Waals surface area (Å²) in [6.07, 6.45) is -5.61. The molecular formula is C18H23NO8. The second-order valence-electron chi connectivity index (χ2n) is 6.55. The van der Waals surface area contributed by atoms with Crippen LogP contribution in [0.2, 0.25) is 0 Å². The molecule has 0 unspecified atom stereocenters. The Bertz CT molecular complexity index is 669. The lowest BCUT2D eigenvalue weighted by atomic mass is 9.95. The van der Waals surface area contributed by atoms with E-state index in [1.165, 1.54) is 13.8 Å². The first kappa shape index (κ1) is 19.7. The van der Waals surface area contributed by atoms with Crippen LogP contribution in [-0.2, 0) is 28.5 Å². The molecule has 0 aromatic heterocycles. The van der Waals surface area contributed by atoms with E-state index in [9.17, 15) is 19.8 Å². The molecule has 2 fully saturated rings. The van der Waals surface area contributed by atoms with E-state index in [2.05, 4.69) is 5.32 Å². The largest absolute Gasteiger partial charge is 0.479 e. The number of hydrogen-bond acceptors (Lipinski definition) is 7. The normalized spacial score (nSPS) is 34.3. The first-order valence-electron chi connectivity index (χ1n) is 8.67. The zero-order valence-corrected chi connectivity index (χ0v) is 15.0. The number of aliphatic carboxylic acids is 1. The van der Waals surface area contributed by atoms with E-state index in [-0.39, 0.29) is 6.61 Å². The maximum Gasteiger partial charge on any atom is 0.332 e. The number of carbonyl (C=O) groups is 2. The summed E-state index contributed by atoms with van der Waals surface area (Å²) >= 11 is 0. The quantitative estimate of drug-likeness (QED) is 0.660. The number of nitrogens with one attached hydrogen (secondary N) is 1. The number of amides is 1. The van der Waals surface area contributed by atoms with E-state index in [0.29, 0.717) is 0 Å². The topological polar surface area (TPSA) is 124 Å². The van der Waals surface area contributed by atoms with Crippen LogP contribution in [0.25, 0.3) is 0 Å². The van der Waals surface area contributed by atoms with E-state index in [4.69, 9.17) is 18.9 Å². The zero-order chi connectivity index (χ0) is 19.6. The summed E-state index contributed by atoms with van der Waals surface area (Å²) in [5, 5.41) is 22.0. The van der Waals surface area contributed by atoms with Crippen LogP contribution in [0.5, 0.6) is 0 Å².